The predicted octanol–water partition coefficient (Wildman–Crippen LogP) is 0.925. The lowest BCUT2D eigenvalue weighted by Gasteiger charge is -2.02. The van der Waals surface area contributed by atoms with Crippen LogP contribution in [0.3, 0.4) is 0 Å². The average molecular weight is 197 g/mol. The average Bonchev–Trinajstić information content (AvgIpc) is 2.48. The fourth-order valence-corrected chi connectivity index (χ4v) is 1.43. The number of carbonyl (C=O) groups is 2. The predicted molar refractivity (Wildman–Crippen MR) is 44.5 cm³/mol. The molecular formula is C7H7N3O4. The van der Waals surface area contributed by atoms with Crippen molar-refractivity contribution in [2.75, 3.05) is 0 Å². The first-order valence-corrected chi connectivity index (χ1v) is 3.81. The van der Waals surface area contributed by atoms with Gasteiger partial charge in [0.1, 0.15) is 0 Å². The van der Waals surface area contributed by atoms with E-state index in [0.29, 0.717) is 0 Å². The molecule has 14 heavy (non-hydrogen) atoms. The largest absolute Gasteiger partial charge is 0.478 e. The van der Waals surface area contributed by atoms with Crippen molar-refractivity contribution in [3.63, 3.8) is 0 Å². The van der Waals surface area contributed by atoms with Crippen molar-refractivity contribution in [3.8, 4) is 0 Å². The van der Waals surface area contributed by atoms with Crippen molar-refractivity contribution in [3.05, 3.63) is 21.6 Å². The fourth-order valence-electron chi connectivity index (χ4n) is 1.43. The van der Waals surface area contributed by atoms with Crippen LogP contribution in [0.2, 0.25) is 0 Å². The van der Waals surface area contributed by atoms with Gasteiger partial charge in [0.2, 0.25) is 0 Å². The molecule has 0 radical (unpaired) electrons. The van der Waals surface area contributed by atoms with Gasteiger partial charge in [-0.3, -0.25) is 0 Å². The summed E-state index contributed by atoms with van der Waals surface area (Å²) in [5, 5.41) is 20.6. The van der Waals surface area contributed by atoms with Gasteiger partial charge in [0.25, 0.3) is 0 Å². The number of rotatable bonds is 3. The van der Waals surface area contributed by atoms with E-state index >= 15 is 0 Å². The van der Waals surface area contributed by atoms with Gasteiger partial charge in [0.15, 0.2) is 0 Å². The monoisotopic (exact) mass is 197 g/mol. The molecule has 0 saturated carbocycles. The first-order chi connectivity index (χ1) is 6.57. The van der Waals surface area contributed by atoms with E-state index in [4.69, 9.17) is 15.7 Å². The molecule has 0 aromatic heterocycles. The maximum Gasteiger partial charge on any atom is 0.332 e. The Kier molecular flexibility index (Phi) is 2.73. The Bertz CT molecular complexity index is 367. The smallest absolute Gasteiger partial charge is 0.332 e. The van der Waals surface area contributed by atoms with Gasteiger partial charge in [0, 0.05) is 10.5 Å². The minimum Gasteiger partial charge on any atom is -0.478 e. The maximum absolute atomic E-state index is 10.7. The standard InChI is InChI=1S/C7H7N3O4/c8-10-9-4-2-1-3(6(11)12)5(4)7(13)14/h4H,1-2H2,(H,11,12)(H,13,14). The van der Waals surface area contributed by atoms with Crippen molar-refractivity contribution in [1.82, 2.24) is 0 Å². The summed E-state index contributed by atoms with van der Waals surface area (Å²) in [5.74, 6) is -2.60. The maximum atomic E-state index is 10.7. The van der Waals surface area contributed by atoms with Gasteiger partial charge in [0.05, 0.1) is 11.6 Å². The summed E-state index contributed by atoms with van der Waals surface area (Å²) in [6, 6.07) is -0.858. The first-order valence-electron chi connectivity index (χ1n) is 3.81. The Balaban J connectivity index is 3.14. The summed E-state index contributed by atoms with van der Waals surface area (Å²) >= 11 is 0. The van der Waals surface area contributed by atoms with Gasteiger partial charge in [-0.2, -0.15) is 0 Å². The van der Waals surface area contributed by atoms with Crippen LogP contribution in [0.15, 0.2) is 16.3 Å². The fraction of sp³-hybridized carbons (Fsp3) is 0.429. The van der Waals surface area contributed by atoms with E-state index in [1.165, 1.54) is 0 Å². The summed E-state index contributed by atoms with van der Waals surface area (Å²) in [5.41, 5.74) is 7.68. The molecule has 0 bridgehead atoms. The number of carboxylic acid groups (broad SMARTS) is 2. The SMILES string of the molecule is [N-]=[N+]=NC1CCC(C(=O)O)=C1C(=O)O. The second-order valence-corrected chi connectivity index (χ2v) is 2.76. The zero-order chi connectivity index (χ0) is 10.7. The molecule has 1 unspecified atom stereocenters. The van der Waals surface area contributed by atoms with E-state index in [1.54, 1.807) is 0 Å². The third kappa shape index (κ3) is 1.67. The van der Waals surface area contributed by atoms with E-state index in [9.17, 15) is 9.59 Å². The van der Waals surface area contributed by atoms with Crippen molar-refractivity contribution in [2.45, 2.75) is 18.9 Å². The summed E-state index contributed by atoms with van der Waals surface area (Å²) in [6.07, 6.45) is 0.369. The van der Waals surface area contributed by atoms with Crippen LogP contribution in [0.4, 0.5) is 0 Å². The van der Waals surface area contributed by atoms with Gasteiger partial charge in [-0.1, -0.05) is 5.11 Å². The molecule has 0 heterocycles. The number of nitrogens with zero attached hydrogens (tertiary/aromatic N) is 3. The summed E-state index contributed by atoms with van der Waals surface area (Å²) in [7, 11) is 0. The second-order valence-electron chi connectivity index (χ2n) is 2.76. The van der Waals surface area contributed by atoms with Crippen LogP contribution in [-0.2, 0) is 9.59 Å². The zero-order valence-electron chi connectivity index (χ0n) is 7.04. The molecule has 0 aromatic carbocycles. The van der Waals surface area contributed by atoms with E-state index in [2.05, 4.69) is 10.0 Å². The Hall–Kier alpha value is -2.01. The minimum atomic E-state index is -1.34. The lowest BCUT2D eigenvalue weighted by atomic mass is 10.1. The molecular weight excluding hydrogens is 190 g/mol. The minimum absolute atomic E-state index is 0.126. The van der Waals surface area contributed by atoms with Crippen LogP contribution in [-0.4, -0.2) is 28.2 Å². The van der Waals surface area contributed by atoms with Gasteiger partial charge in [-0.25, -0.2) is 9.59 Å². The number of hydrogen-bond acceptors (Lipinski definition) is 3. The zero-order valence-corrected chi connectivity index (χ0v) is 7.04. The van der Waals surface area contributed by atoms with Crippen LogP contribution in [0.1, 0.15) is 12.8 Å². The van der Waals surface area contributed by atoms with E-state index < -0.39 is 18.0 Å². The topological polar surface area (TPSA) is 123 Å². The Morgan fingerprint density at radius 2 is 2.07 bits per heavy atom. The normalized spacial score (nSPS) is 20.4. The number of hydrogen-bond donors (Lipinski definition) is 2. The molecule has 0 fully saturated rings. The molecule has 1 atom stereocenters. The summed E-state index contributed by atoms with van der Waals surface area (Å²) in [6.45, 7) is 0. The Morgan fingerprint density at radius 1 is 1.43 bits per heavy atom. The Morgan fingerprint density at radius 3 is 2.50 bits per heavy atom. The lowest BCUT2D eigenvalue weighted by molar-refractivity contribution is -0.135. The second kappa shape index (κ2) is 3.80. The van der Waals surface area contributed by atoms with Crippen molar-refractivity contribution >= 4 is 11.9 Å². The molecule has 1 rings (SSSR count). The van der Waals surface area contributed by atoms with Crippen molar-refractivity contribution in [2.24, 2.45) is 5.11 Å². The highest BCUT2D eigenvalue weighted by Crippen LogP contribution is 2.29. The van der Waals surface area contributed by atoms with Crippen LogP contribution >= 0.6 is 0 Å². The lowest BCUT2D eigenvalue weighted by Crippen LogP contribution is -2.14. The highest BCUT2D eigenvalue weighted by molar-refractivity contribution is 6.00. The molecule has 0 spiro atoms. The van der Waals surface area contributed by atoms with Crippen LogP contribution in [0.5, 0.6) is 0 Å². The summed E-state index contributed by atoms with van der Waals surface area (Å²) in [4.78, 5) is 23.8. The highest BCUT2D eigenvalue weighted by Gasteiger charge is 2.32. The number of azide groups is 1. The van der Waals surface area contributed by atoms with Crippen LogP contribution in [0.25, 0.3) is 10.4 Å². The van der Waals surface area contributed by atoms with Crippen molar-refractivity contribution in [1.29, 1.82) is 0 Å². The molecule has 1 aliphatic rings. The van der Waals surface area contributed by atoms with Crippen LogP contribution < -0.4 is 0 Å². The van der Waals surface area contributed by atoms with E-state index in [0.717, 1.165) is 0 Å². The molecule has 0 saturated heterocycles. The van der Waals surface area contributed by atoms with Gasteiger partial charge in [-0.05, 0) is 18.4 Å². The highest BCUT2D eigenvalue weighted by atomic mass is 16.4. The molecule has 7 heteroatoms. The van der Waals surface area contributed by atoms with E-state index in [1.807, 2.05) is 0 Å². The molecule has 0 aromatic rings. The first kappa shape index (κ1) is 10.1. The molecule has 74 valence electrons. The van der Waals surface area contributed by atoms with Gasteiger partial charge < -0.3 is 10.2 Å². The Labute approximate surface area is 78.3 Å². The molecule has 0 amide bonds. The third-order valence-electron chi connectivity index (χ3n) is 2.01. The third-order valence-corrected chi connectivity index (χ3v) is 2.01. The van der Waals surface area contributed by atoms with E-state index in [-0.39, 0.29) is 24.0 Å². The van der Waals surface area contributed by atoms with Gasteiger partial charge >= 0.3 is 11.9 Å². The quantitative estimate of drug-likeness (QED) is 0.396. The molecule has 7 nitrogen and oxygen atoms in total. The van der Waals surface area contributed by atoms with Crippen LogP contribution in [0, 0.1) is 0 Å². The molecule has 2 N–H and O–H groups in total. The molecule has 0 aliphatic heterocycles. The molecule has 1 aliphatic carbocycles. The van der Waals surface area contributed by atoms with Gasteiger partial charge in [-0.15, -0.1) is 0 Å². The number of carboxylic acids is 2. The van der Waals surface area contributed by atoms with Crippen molar-refractivity contribution < 1.29 is 19.8 Å². The summed E-state index contributed by atoms with van der Waals surface area (Å²) < 4.78 is 0. The number of aliphatic carboxylic acids is 2.